The van der Waals surface area contributed by atoms with Crippen LogP contribution < -0.4 is 10.1 Å². The Morgan fingerprint density at radius 2 is 2.06 bits per heavy atom. The number of methoxy groups -OCH3 is 1. The molecule has 3 heteroatoms. The van der Waals surface area contributed by atoms with Crippen molar-refractivity contribution in [1.82, 2.24) is 4.98 Å². The van der Waals surface area contributed by atoms with Gasteiger partial charge in [0.25, 0.3) is 0 Å². The molecular weight excluding hydrogens is 224 g/mol. The molecule has 1 aromatic rings. The average Bonchev–Trinajstić information content (AvgIpc) is 2.38. The zero-order valence-corrected chi connectivity index (χ0v) is 11.8. The van der Waals surface area contributed by atoms with Crippen LogP contribution in [0.3, 0.4) is 0 Å². The van der Waals surface area contributed by atoms with E-state index in [4.69, 9.17) is 4.74 Å². The molecular formula is C15H24N2O. The van der Waals surface area contributed by atoms with Crippen molar-refractivity contribution in [3.8, 4) is 5.75 Å². The minimum Gasteiger partial charge on any atom is -0.493 e. The van der Waals surface area contributed by atoms with Crippen LogP contribution in [0.4, 0.5) is 5.69 Å². The zero-order valence-electron chi connectivity index (χ0n) is 11.8. The van der Waals surface area contributed by atoms with Gasteiger partial charge in [-0.2, -0.15) is 0 Å². The molecule has 1 N–H and O–H groups in total. The summed E-state index contributed by atoms with van der Waals surface area (Å²) in [4.78, 5) is 4.26. The summed E-state index contributed by atoms with van der Waals surface area (Å²) in [6.45, 7) is 5.42. The standard InChI is InChI=1S/C15H24N2O/c1-12-9-13(14(18-3)10-16-12)17-11-15(2)7-5-4-6-8-15/h9-10H,4-8,11H2,1-3H3,(H,16,17). The molecule has 1 aromatic heterocycles. The molecule has 0 aliphatic heterocycles. The highest BCUT2D eigenvalue weighted by Crippen LogP contribution is 2.36. The molecule has 2 rings (SSSR count). The van der Waals surface area contributed by atoms with Gasteiger partial charge < -0.3 is 10.1 Å². The maximum atomic E-state index is 5.35. The number of nitrogens with one attached hydrogen (secondary N) is 1. The number of nitrogens with zero attached hydrogens (tertiary/aromatic N) is 1. The summed E-state index contributed by atoms with van der Waals surface area (Å²) in [6, 6.07) is 2.06. The largest absolute Gasteiger partial charge is 0.493 e. The number of rotatable bonds is 4. The molecule has 1 fully saturated rings. The SMILES string of the molecule is COc1cnc(C)cc1NCC1(C)CCCCC1. The first-order valence-corrected chi connectivity index (χ1v) is 6.87. The molecule has 0 amide bonds. The molecule has 1 aliphatic rings. The summed E-state index contributed by atoms with van der Waals surface area (Å²) < 4.78 is 5.35. The van der Waals surface area contributed by atoms with Gasteiger partial charge >= 0.3 is 0 Å². The van der Waals surface area contributed by atoms with E-state index in [1.165, 1.54) is 32.1 Å². The number of aromatic nitrogens is 1. The molecule has 18 heavy (non-hydrogen) atoms. The van der Waals surface area contributed by atoms with E-state index in [2.05, 4.69) is 23.3 Å². The number of anilines is 1. The Hall–Kier alpha value is -1.25. The van der Waals surface area contributed by atoms with Crippen molar-refractivity contribution in [1.29, 1.82) is 0 Å². The molecule has 0 radical (unpaired) electrons. The Kier molecular flexibility index (Phi) is 4.10. The third kappa shape index (κ3) is 3.15. The number of hydrogen-bond donors (Lipinski definition) is 1. The van der Waals surface area contributed by atoms with Crippen molar-refractivity contribution < 1.29 is 4.74 Å². The van der Waals surface area contributed by atoms with Crippen LogP contribution in [0.25, 0.3) is 0 Å². The van der Waals surface area contributed by atoms with Gasteiger partial charge in [0.15, 0.2) is 5.75 Å². The molecule has 3 nitrogen and oxygen atoms in total. The first kappa shape index (κ1) is 13.2. The monoisotopic (exact) mass is 248 g/mol. The van der Waals surface area contributed by atoms with Crippen LogP contribution in [0.1, 0.15) is 44.7 Å². The Balaban J connectivity index is 2.02. The third-order valence-electron chi connectivity index (χ3n) is 3.99. The number of ether oxygens (including phenoxy) is 1. The minimum atomic E-state index is 0.431. The van der Waals surface area contributed by atoms with Gasteiger partial charge in [0, 0.05) is 12.2 Å². The Bertz CT molecular complexity index is 397. The van der Waals surface area contributed by atoms with Gasteiger partial charge in [0.1, 0.15) is 0 Å². The van der Waals surface area contributed by atoms with E-state index in [-0.39, 0.29) is 0 Å². The lowest BCUT2D eigenvalue weighted by molar-refractivity contribution is 0.233. The van der Waals surface area contributed by atoms with E-state index < -0.39 is 0 Å². The average molecular weight is 248 g/mol. The van der Waals surface area contributed by atoms with Crippen molar-refractivity contribution in [2.75, 3.05) is 19.0 Å². The highest BCUT2D eigenvalue weighted by molar-refractivity contribution is 5.56. The summed E-state index contributed by atoms with van der Waals surface area (Å²) in [6.07, 6.45) is 8.57. The summed E-state index contributed by atoms with van der Waals surface area (Å²) in [5.74, 6) is 0.833. The maximum absolute atomic E-state index is 5.35. The van der Waals surface area contributed by atoms with E-state index in [0.717, 1.165) is 23.7 Å². The fourth-order valence-corrected chi connectivity index (χ4v) is 2.74. The Morgan fingerprint density at radius 3 is 2.72 bits per heavy atom. The minimum absolute atomic E-state index is 0.431. The normalized spacial score (nSPS) is 18.4. The smallest absolute Gasteiger partial charge is 0.160 e. The molecule has 0 atom stereocenters. The van der Waals surface area contributed by atoms with Crippen molar-refractivity contribution in [2.45, 2.75) is 46.0 Å². The van der Waals surface area contributed by atoms with E-state index in [1.807, 2.05) is 6.92 Å². The van der Waals surface area contributed by atoms with E-state index in [1.54, 1.807) is 13.3 Å². The van der Waals surface area contributed by atoms with Crippen LogP contribution in [0.2, 0.25) is 0 Å². The predicted molar refractivity (Wildman–Crippen MR) is 75.2 cm³/mol. The van der Waals surface area contributed by atoms with Crippen LogP contribution >= 0.6 is 0 Å². The first-order chi connectivity index (χ1) is 8.63. The van der Waals surface area contributed by atoms with E-state index in [9.17, 15) is 0 Å². The molecule has 0 unspecified atom stereocenters. The topological polar surface area (TPSA) is 34.1 Å². The van der Waals surface area contributed by atoms with Crippen molar-refractivity contribution >= 4 is 5.69 Å². The first-order valence-electron chi connectivity index (χ1n) is 6.87. The van der Waals surface area contributed by atoms with Crippen molar-refractivity contribution in [2.24, 2.45) is 5.41 Å². The number of pyridine rings is 1. The second kappa shape index (κ2) is 5.59. The molecule has 1 heterocycles. The van der Waals surface area contributed by atoms with Gasteiger partial charge in [0.05, 0.1) is 19.0 Å². The number of hydrogen-bond acceptors (Lipinski definition) is 3. The second-order valence-corrected chi connectivity index (χ2v) is 5.75. The van der Waals surface area contributed by atoms with Crippen LogP contribution in [0, 0.1) is 12.3 Å². The van der Waals surface area contributed by atoms with Gasteiger partial charge in [-0.15, -0.1) is 0 Å². The molecule has 0 bridgehead atoms. The van der Waals surface area contributed by atoms with Crippen LogP contribution in [-0.4, -0.2) is 18.6 Å². The summed E-state index contributed by atoms with van der Waals surface area (Å²) in [5.41, 5.74) is 2.52. The van der Waals surface area contributed by atoms with Crippen molar-refractivity contribution in [3.63, 3.8) is 0 Å². The van der Waals surface area contributed by atoms with Gasteiger partial charge in [0.2, 0.25) is 0 Å². The van der Waals surface area contributed by atoms with Crippen LogP contribution in [0.15, 0.2) is 12.3 Å². The van der Waals surface area contributed by atoms with Gasteiger partial charge in [-0.3, -0.25) is 4.98 Å². The highest BCUT2D eigenvalue weighted by Gasteiger charge is 2.26. The zero-order chi connectivity index (χ0) is 13.0. The van der Waals surface area contributed by atoms with Gasteiger partial charge in [-0.05, 0) is 31.2 Å². The highest BCUT2D eigenvalue weighted by atomic mass is 16.5. The van der Waals surface area contributed by atoms with Crippen LogP contribution in [0.5, 0.6) is 5.75 Å². The number of aryl methyl sites for hydroxylation is 1. The molecule has 0 saturated heterocycles. The molecule has 0 spiro atoms. The molecule has 0 aromatic carbocycles. The fourth-order valence-electron chi connectivity index (χ4n) is 2.74. The molecule has 1 saturated carbocycles. The van der Waals surface area contributed by atoms with Crippen LogP contribution in [-0.2, 0) is 0 Å². The Morgan fingerprint density at radius 1 is 1.33 bits per heavy atom. The third-order valence-corrected chi connectivity index (χ3v) is 3.99. The predicted octanol–water partition coefficient (Wildman–Crippen LogP) is 3.78. The van der Waals surface area contributed by atoms with Gasteiger partial charge in [-0.1, -0.05) is 26.2 Å². The van der Waals surface area contributed by atoms with E-state index >= 15 is 0 Å². The summed E-state index contributed by atoms with van der Waals surface area (Å²) in [7, 11) is 1.69. The van der Waals surface area contributed by atoms with Crippen molar-refractivity contribution in [3.05, 3.63) is 18.0 Å². The lowest BCUT2D eigenvalue weighted by Gasteiger charge is -2.34. The summed E-state index contributed by atoms with van der Waals surface area (Å²) >= 11 is 0. The fraction of sp³-hybridized carbons (Fsp3) is 0.667. The molecule has 1 aliphatic carbocycles. The van der Waals surface area contributed by atoms with Gasteiger partial charge in [-0.25, -0.2) is 0 Å². The summed E-state index contributed by atoms with van der Waals surface area (Å²) in [5, 5.41) is 3.55. The quantitative estimate of drug-likeness (QED) is 0.880. The lowest BCUT2D eigenvalue weighted by atomic mass is 9.76. The Labute approximate surface area is 110 Å². The lowest BCUT2D eigenvalue weighted by Crippen LogP contribution is -2.29. The molecule has 100 valence electrons. The second-order valence-electron chi connectivity index (χ2n) is 5.75. The van der Waals surface area contributed by atoms with E-state index in [0.29, 0.717) is 5.41 Å². The maximum Gasteiger partial charge on any atom is 0.160 e.